The molecule has 0 radical (unpaired) electrons. The fraction of sp³-hybridized carbons (Fsp3) is 0.571. The molecular formula is C14H16F6. The molecule has 0 aliphatic rings. The van der Waals surface area contributed by atoms with Gasteiger partial charge in [-0.15, -0.1) is 0 Å². The average molecular weight is 298 g/mol. The van der Waals surface area contributed by atoms with Gasteiger partial charge in [-0.3, -0.25) is 0 Å². The quantitative estimate of drug-likeness (QED) is 0.590. The maximum atomic E-state index is 13.1. The summed E-state index contributed by atoms with van der Waals surface area (Å²) < 4.78 is 77.5. The highest BCUT2D eigenvalue weighted by Gasteiger charge is 2.40. The first-order valence-corrected chi connectivity index (χ1v) is 6.18. The van der Waals surface area contributed by atoms with Crippen LogP contribution in [0.5, 0.6) is 0 Å². The lowest BCUT2D eigenvalue weighted by molar-refractivity contribution is -0.143. The number of hydrogen-bond acceptors (Lipinski definition) is 0. The lowest BCUT2D eigenvalue weighted by Gasteiger charge is -2.24. The topological polar surface area (TPSA) is 0 Å². The van der Waals surface area contributed by atoms with Crippen LogP contribution in [0.4, 0.5) is 26.3 Å². The molecule has 0 saturated heterocycles. The molecule has 0 atom stereocenters. The van der Waals surface area contributed by atoms with Crippen molar-refractivity contribution in [1.82, 2.24) is 0 Å². The monoisotopic (exact) mass is 298 g/mol. The zero-order valence-electron chi connectivity index (χ0n) is 11.6. The Labute approximate surface area is 113 Å². The summed E-state index contributed by atoms with van der Waals surface area (Å²) in [6, 6.07) is 1.04. The Morgan fingerprint density at radius 3 is 1.55 bits per heavy atom. The molecule has 0 amide bonds. The molecule has 0 bridgehead atoms. The van der Waals surface area contributed by atoms with Crippen LogP contribution < -0.4 is 0 Å². The van der Waals surface area contributed by atoms with E-state index in [1.165, 1.54) is 0 Å². The van der Waals surface area contributed by atoms with Gasteiger partial charge in [-0.1, -0.05) is 27.7 Å². The summed E-state index contributed by atoms with van der Waals surface area (Å²) in [7, 11) is 0. The van der Waals surface area contributed by atoms with E-state index >= 15 is 0 Å². The van der Waals surface area contributed by atoms with E-state index in [4.69, 9.17) is 0 Å². The molecule has 6 heteroatoms. The number of benzene rings is 1. The molecule has 0 aliphatic heterocycles. The van der Waals surface area contributed by atoms with Crippen LogP contribution in [0.1, 0.15) is 61.8 Å². The first-order chi connectivity index (χ1) is 8.85. The fourth-order valence-corrected chi connectivity index (χ4v) is 2.20. The standard InChI is InChI=1S/C14H16F6/c1-7(2)10-5-9(13(15,16)17)6-11(14(18,19)20)12(10)8(3)4/h5-8H,1-4H3. The Balaban J connectivity index is 3.74. The van der Waals surface area contributed by atoms with Gasteiger partial charge >= 0.3 is 12.4 Å². The molecule has 0 spiro atoms. The Morgan fingerprint density at radius 2 is 1.25 bits per heavy atom. The van der Waals surface area contributed by atoms with E-state index in [-0.39, 0.29) is 17.2 Å². The Morgan fingerprint density at radius 1 is 0.750 bits per heavy atom. The van der Waals surface area contributed by atoms with Crippen molar-refractivity contribution < 1.29 is 26.3 Å². The SMILES string of the molecule is CC(C)c1cc(C(F)(F)F)cc(C(F)(F)F)c1C(C)C. The van der Waals surface area contributed by atoms with Crippen LogP contribution in [0.2, 0.25) is 0 Å². The van der Waals surface area contributed by atoms with Crippen LogP contribution in [0.3, 0.4) is 0 Å². The smallest absolute Gasteiger partial charge is 0.166 e. The van der Waals surface area contributed by atoms with Crippen molar-refractivity contribution in [3.8, 4) is 0 Å². The number of halogens is 6. The zero-order chi connectivity index (χ0) is 15.9. The second-order valence-electron chi connectivity index (χ2n) is 5.33. The van der Waals surface area contributed by atoms with Gasteiger partial charge < -0.3 is 0 Å². The van der Waals surface area contributed by atoms with E-state index in [0.29, 0.717) is 0 Å². The molecule has 1 aromatic rings. The minimum absolute atomic E-state index is 0.0551. The highest BCUT2D eigenvalue weighted by molar-refractivity contribution is 5.45. The zero-order valence-corrected chi connectivity index (χ0v) is 11.6. The van der Waals surface area contributed by atoms with E-state index in [1.807, 2.05) is 0 Å². The summed E-state index contributed by atoms with van der Waals surface area (Å²) in [6.07, 6.45) is -9.59. The Hall–Kier alpha value is -1.20. The van der Waals surface area contributed by atoms with Gasteiger partial charge in [-0.05, 0) is 35.1 Å². The minimum Gasteiger partial charge on any atom is -0.166 e. The summed E-state index contributed by atoms with van der Waals surface area (Å²) in [5, 5.41) is 0. The van der Waals surface area contributed by atoms with Crippen molar-refractivity contribution in [3.05, 3.63) is 34.4 Å². The third-order valence-corrected chi connectivity index (χ3v) is 3.04. The Kier molecular flexibility index (Phi) is 4.46. The summed E-state index contributed by atoms with van der Waals surface area (Å²) >= 11 is 0. The van der Waals surface area contributed by atoms with Gasteiger partial charge in [-0.2, -0.15) is 26.3 Å². The molecule has 0 nitrogen and oxygen atoms in total. The van der Waals surface area contributed by atoms with E-state index in [0.717, 1.165) is 6.07 Å². The van der Waals surface area contributed by atoms with E-state index in [9.17, 15) is 26.3 Å². The van der Waals surface area contributed by atoms with Gasteiger partial charge in [0.05, 0.1) is 11.1 Å². The molecule has 20 heavy (non-hydrogen) atoms. The van der Waals surface area contributed by atoms with Crippen LogP contribution in [0.25, 0.3) is 0 Å². The molecule has 0 N–H and O–H groups in total. The van der Waals surface area contributed by atoms with Crippen molar-refractivity contribution in [2.45, 2.75) is 51.9 Å². The Bertz CT molecular complexity index is 480. The molecule has 1 aromatic carbocycles. The summed E-state index contributed by atoms with van der Waals surface area (Å²) in [6.45, 7) is 6.26. The number of rotatable bonds is 2. The third kappa shape index (κ3) is 3.46. The lowest BCUT2D eigenvalue weighted by atomic mass is 9.85. The maximum Gasteiger partial charge on any atom is 0.416 e. The van der Waals surface area contributed by atoms with Crippen LogP contribution in [0, 0.1) is 0 Å². The lowest BCUT2D eigenvalue weighted by Crippen LogP contribution is -2.17. The summed E-state index contributed by atoms with van der Waals surface area (Å²) in [5.41, 5.74) is -2.40. The number of alkyl halides is 6. The van der Waals surface area contributed by atoms with E-state index < -0.39 is 35.3 Å². The molecule has 0 aromatic heterocycles. The van der Waals surface area contributed by atoms with Crippen molar-refractivity contribution >= 4 is 0 Å². The van der Waals surface area contributed by atoms with Gasteiger partial charge in [0.1, 0.15) is 0 Å². The molecule has 0 heterocycles. The van der Waals surface area contributed by atoms with Crippen molar-refractivity contribution in [1.29, 1.82) is 0 Å². The summed E-state index contributed by atoms with van der Waals surface area (Å²) in [5.74, 6) is -0.929. The van der Waals surface area contributed by atoms with Gasteiger partial charge in [-0.25, -0.2) is 0 Å². The molecule has 0 aliphatic carbocycles. The first kappa shape index (κ1) is 16.9. The minimum atomic E-state index is -4.80. The molecule has 1 rings (SSSR count). The van der Waals surface area contributed by atoms with Crippen molar-refractivity contribution in [2.75, 3.05) is 0 Å². The fourth-order valence-electron chi connectivity index (χ4n) is 2.20. The van der Waals surface area contributed by atoms with Crippen molar-refractivity contribution in [2.24, 2.45) is 0 Å². The van der Waals surface area contributed by atoms with Gasteiger partial charge in [0, 0.05) is 0 Å². The molecule has 0 fully saturated rings. The van der Waals surface area contributed by atoms with Crippen LogP contribution in [-0.4, -0.2) is 0 Å². The van der Waals surface area contributed by atoms with E-state index in [1.54, 1.807) is 27.7 Å². The van der Waals surface area contributed by atoms with Gasteiger partial charge in [0.15, 0.2) is 0 Å². The normalized spacial score (nSPS) is 13.4. The van der Waals surface area contributed by atoms with Crippen LogP contribution in [0.15, 0.2) is 12.1 Å². The average Bonchev–Trinajstić information content (AvgIpc) is 2.24. The largest absolute Gasteiger partial charge is 0.416 e. The molecule has 114 valence electrons. The van der Waals surface area contributed by atoms with Gasteiger partial charge in [0.2, 0.25) is 0 Å². The van der Waals surface area contributed by atoms with Crippen LogP contribution in [-0.2, 0) is 12.4 Å². The molecule has 0 unspecified atom stereocenters. The van der Waals surface area contributed by atoms with Gasteiger partial charge in [0.25, 0.3) is 0 Å². The van der Waals surface area contributed by atoms with Crippen molar-refractivity contribution in [3.63, 3.8) is 0 Å². The van der Waals surface area contributed by atoms with Crippen LogP contribution >= 0.6 is 0 Å². The third-order valence-electron chi connectivity index (χ3n) is 3.04. The summed E-state index contributed by atoms with van der Waals surface area (Å²) in [4.78, 5) is 0. The highest BCUT2D eigenvalue weighted by atomic mass is 19.4. The number of hydrogen-bond donors (Lipinski definition) is 0. The molecule has 0 saturated carbocycles. The predicted molar refractivity (Wildman–Crippen MR) is 64.6 cm³/mol. The predicted octanol–water partition coefficient (Wildman–Crippen LogP) is 5.97. The second-order valence-corrected chi connectivity index (χ2v) is 5.33. The highest BCUT2D eigenvalue weighted by Crippen LogP contribution is 2.42. The molecular weight excluding hydrogens is 282 g/mol. The second kappa shape index (κ2) is 5.30. The maximum absolute atomic E-state index is 13.1. The first-order valence-electron chi connectivity index (χ1n) is 6.18. The van der Waals surface area contributed by atoms with E-state index in [2.05, 4.69) is 0 Å².